The second-order valence-corrected chi connectivity index (χ2v) is 9.83. The van der Waals surface area contributed by atoms with Crippen molar-refractivity contribution in [3.8, 4) is 0 Å². The fourth-order valence-electron chi connectivity index (χ4n) is 3.63. The molecule has 0 radical (unpaired) electrons. The van der Waals surface area contributed by atoms with Crippen LogP contribution >= 0.6 is 0 Å². The maximum atomic E-state index is 13.3. The van der Waals surface area contributed by atoms with Crippen molar-refractivity contribution in [1.29, 1.82) is 5.41 Å². The second kappa shape index (κ2) is 12.4. The average Bonchev–Trinajstić information content (AvgIpc) is 3.25. The van der Waals surface area contributed by atoms with E-state index in [1.54, 1.807) is 0 Å². The maximum absolute atomic E-state index is 13.3. The fourth-order valence-corrected chi connectivity index (χ4v) is 4.42. The molecule has 0 aliphatic carbocycles. The van der Waals surface area contributed by atoms with E-state index in [1.807, 2.05) is 30.3 Å². The molecular formula is C21H34N6O4S. The number of nitrogens with one attached hydrogen (secondary N) is 4. The Morgan fingerprint density at radius 3 is 2.47 bits per heavy atom. The quantitative estimate of drug-likeness (QED) is 0.165. The Morgan fingerprint density at radius 2 is 1.84 bits per heavy atom. The number of nitrogens with zero attached hydrogens (tertiary/aromatic N) is 1. The van der Waals surface area contributed by atoms with Gasteiger partial charge < -0.3 is 21.3 Å². The number of guanidine groups is 1. The molecule has 0 bridgehead atoms. The highest BCUT2D eigenvalue weighted by atomic mass is 32.2. The summed E-state index contributed by atoms with van der Waals surface area (Å²) in [4.78, 5) is 27.5. The molecule has 1 aliphatic heterocycles. The molecular weight excluding hydrogens is 432 g/mol. The highest BCUT2D eigenvalue weighted by molar-refractivity contribution is 7.89. The summed E-state index contributed by atoms with van der Waals surface area (Å²) in [5, 5.41) is 12.7. The summed E-state index contributed by atoms with van der Waals surface area (Å²) in [5.74, 6) is -0.826. The molecule has 6 N–H and O–H groups in total. The molecule has 2 amide bonds. The topological polar surface area (TPSA) is 157 Å². The van der Waals surface area contributed by atoms with E-state index < -0.39 is 22.1 Å². The molecule has 0 spiro atoms. The van der Waals surface area contributed by atoms with Crippen molar-refractivity contribution in [2.45, 2.75) is 51.1 Å². The van der Waals surface area contributed by atoms with Gasteiger partial charge in [-0.1, -0.05) is 30.3 Å². The number of hydrogen-bond acceptors (Lipinski definition) is 5. The lowest BCUT2D eigenvalue weighted by atomic mass is 10.1. The summed E-state index contributed by atoms with van der Waals surface area (Å²) < 4.78 is 27.0. The van der Waals surface area contributed by atoms with Gasteiger partial charge in [0.2, 0.25) is 21.8 Å². The Labute approximate surface area is 189 Å². The van der Waals surface area contributed by atoms with Gasteiger partial charge >= 0.3 is 0 Å². The summed E-state index contributed by atoms with van der Waals surface area (Å²) in [6, 6.07) is 7.64. The van der Waals surface area contributed by atoms with Gasteiger partial charge in [0.15, 0.2) is 5.96 Å². The van der Waals surface area contributed by atoms with Crippen LogP contribution in [0, 0.1) is 5.41 Å². The van der Waals surface area contributed by atoms with Gasteiger partial charge in [-0.15, -0.1) is 0 Å². The molecule has 2 atom stereocenters. The predicted molar refractivity (Wildman–Crippen MR) is 123 cm³/mol. The van der Waals surface area contributed by atoms with Crippen LogP contribution in [0.4, 0.5) is 0 Å². The minimum atomic E-state index is -3.61. The Balaban J connectivity index is 2.00. The molecule has 0 saturated carbocycles. The first-order valence-corrected chi connectivity index (χ1v) is 12.6. The van der Waals surface area contributed by atoms with E-state index in [2.05, 4.69) is 15.4 Å². The number of unbranched alkanes of at least 4 members (excludes halogenated alkanes) is 1. The Morgan fingerprint density at radius 1 is 1.19 bits per heavy atom. The Bertz CT molecular complexity index is 878. The summed E-state index contributed by atoms with van der Waals surface area (Å²) in [7, 11) is -3.61. The summed E-state index contributed by atoms with van der Waals surface area (Å²) in [5.41, 5.74) is 6.06. The number of nitrogens with two attached hydrogens (primary N) is 1. The molecule has 178 valence electrons. The lowest BCUT2D eigenvalue weighted by Crippen LogP contribution is -2.54. The standard InChI is InChI=1S/C21H34N6O4S/c1-2-32(30,31)26-17(15-16-9-4-3-5-10-16)20(29)27-14-8-11-18(27)19(28)24-12-6-7-13-25-21(22)23/h3-5,9-10,17-18,26H,2,6-8,11-15H2,1H3,(H,24,28)(H4,22,23,25)/t17-,18+/m1/s1. The number of likely N-dealkylation sites (tertiary alicyclic amines) is 1. The van der Waals surface area contributed by atoms with Gasteiger partial charge in [-0.25, -0.2) is 13.1 Å². The number of hydrogen-bond donors (Lipinski definition) is 5. The zero-order valence-electron chi connectivity index (χ0n) is 18.5. The van der Waals surface area contributed by atoms with Crippen LogP contribution in [0.5, 0.6) is 0 Å². The molecule has 11 heteroatoms. The zero-order chi connectivity index (χ0) is 23.6. The number of rotatable bonds is 12. The average molecular weight is 467 g/mol. The molecule has 1 saturated heterocycles. The van der Waals surface area contributed by atoms with E-state index in [0.29, 0.717) is 38.9 Å². The Kier molecular flexibility index (Phi) is 9.92. The van der Waals surface area contributed by atoms with Crippen LogP contribution in [0.25, 0.3) is 0 Å². The minimum absolute atomic E-state index is 0.0853. The zero-order valence-corrected chi connectivity index (χ0v) is 19.3. The summed E-state index contributed by atoms with van der Waals surface area (Å²) >= 11 is 0. The molecule has 32 heavy (non-hydrogen) atoms. The molecule has 1 aromatic carbocycles. The SMILES string of the molecule is CCS(=O)(=O)N[C@H](Cc1ccccc1)C(=O)N1CCC[C@H]1C(=O)NCCCCNC(=N)N. The van der Waals surface area contributed by atoms with Crippen LogP contribution in [0.3, 0.4) is 0 Å². The summed E-state index contributed by atoms with van der Waals surface area (Å²) in [6.07, 6.45) is 2.89. The molecule has 1 aliphatic rings. The van der Waals surface area contributed by atoms with Crippen molar-refractivity contribution in [1.82, 2.24) is 20.3 Å². The van der Waals surface area contributed by atoms with Crippen molar-refractivity contribution in [3.05, 3.63) is 35.9 Å². The molecule has 1 aromatic rings. The maximum Gasteiger partial charge on any atom is 0.242 e. The highest BCUT2D eigenvalue weighted by Gasteiger charge is 2.38. The van der Waals surface area contributed by atoms with Crippen LogP contribution in [-0.4, -0.2) is 68.6 Å². The van der Waals surface area contributed by atoms with Gasteiger partial charge in [0, 0.05) is 19.6 Å². The van der Waals surface area contributed by atoms with E-state index in [4.69, 9.17) is 11.1 Å². The molecule has 2 rings (SSSR count). The van der Waals surface area contributed by atoms with E-state index in [1.165, 1.54) is 11.8 Å². The third kappa shape index (κ3) is 8.12. The van der Waals surface area contributed by atoms with E-state index in [9.17, 15) is 18.0 Å². The fraction of sp³-hybridized carbons (Fsp3) is 0.571. The number of sulfonamides is 1. The lowest BCUT2D eigenvalue weighted by molar-refractivity contribution is -0.139. The van der Waals surface area contributed by atoms with Crippen LogP contribution < -0.4 is 21.1 Å². The molecule has 1 fully saturated rings. The van der Waals surface area contributed by atoms with Gasteiger partial charge in [-0.2, -0.15) is 0 Å². The van der Waals surface area contributed by atoms with E-state index in [0.717, 1.165) is 12.0 Å². The van der Waals surface area contributed by atoms with Crippen LogP contribution in [-0.2, 0) is 26.0 Å². The van der Waals surface area contributed by atoms with Crippen LogP contribution in [0.15, 0.2) is 30.3 Å². The van der Waals surface area contributed by atoms with Gasteiger partial charge in [-0.05, 0) is 44.6 Å². The molecule has 10 nitrogen and oxygen atoms in total. The monoisotopic (exact) mass is 466 g/mol. The lowest BCUT2D eigenvalue weighted by Gasteiger charge is -2.28. The van der Waals surface area contributed by atoms with Crippen LogP contribution in [0.1, 0.15) is 38.2 Å². The highest BCUT2D eigenvalue weighted by Crippen LogP contribution is 2.20. The summed E-state index contributed by atoms with van der Waals surface area (Å²) in [6.45, 7) is 2.94. The first-order chi connectivity index (χ1) is 15.2. The third-order valence-corrected chi connectivity index (χ3v) is 6.74. The number of carbonyl (C=O) groups is 2. The van der Waals surface area contributed by atoms with Crippen molar-refractivity contribution in [2.75, 3.05) is 25.4 Å². The van der Waals surface area contributed by atoms with Crippen molar-refractivity contribution >= 4 is 27.8 Å². The minimum Gasteiger partial charge on any atom is -0.370 e. The van der Waals surface area contributed by atoms with Gasteiger partial charge in [0.05, 0.1) is 5.75 Å². The van der Waals surface area contributed by atoms with Crippen molar-refractivity contribution in [3.63, 3.8) is 0 Å². The number of amides is 2. The normalized spacial score (nSPS) is 17.0. The van der Waals surface area contributed by atoms with Crippen LogP contribution in [0.2, 0.25) is 0 Å². The molecule has 0 aromatic heterocycles. The second-order valence-electron chi connectivity index (χ2n) is 7.79. The third-order valence-electron chi connectivity index (χ3n) is 5.34. The predicted octanol–water partition coefficient (Wildman–Crippen LogP) is -0.0925. The first-order valence-electron chi connectivity index (χ1n) is 10.9. The van der Waals surface area contributed by atoms with Gasteiger partial charge in [-0.3, -0.25) is 15.0 Å². The van der Waals surface area contributed by atoms with E-state index >= 15 is 0 Å². The van der Waals surface area contributed by atoms with Crippen molar-refractivity contribution in [2.24, 2.45) is 5.73 Å². The van der Waals surface area contributed by atoms with Gasteiger partial charge in [0.25, 0.3) is 0 Å². The smallest absolute Gasteiger partial charge is 0.242 e. The van der Waals surface area contributed by atoms with Gasteiger partial charge in [0.1, 0.15) is 12.1 Å². The molecule has 1 heterocycles. The van der Waals surface area contributed by atoms with Crippen molar-refractivity contribution < 1.29 is 18.0 Å². The van der Waals surface area contributed by atoms with E-state index in [-0.39, 0.29) is 29.9 Å². The Hall–Kier alpha value is -2.66. The first kappa shape index (κ1) is 25.6. The number of carbonyl (C=O) groups excluding carboxylic acids is 2. The largest absolute Gasteiger partial charge is 0.370 e. The number of benzene rings is 1. The molecule has 0 unspecified atom stereocenters.